The summed E-state index contributed by atoms with van der Waals surface area (Å²) in [5.41, 5.74) is 0. The minimum atomic E-state index is 0.826. The van der Waals surface area contributed by atoms with E-state index in [9.17, 15) is 0 Å². The summed E-state index contributed by atoms with van der Waals surface area (Å²) in [5, 5.41) is 0. The highest BCUT2D eigenvalue weighted by Gasteiger charge is 2.70. The van der Waals surface area contributed by atoms with Gasteiger partial charge in [0, 0.05) is 73.0 Å². The first kappa shape index (κ1) is 80.5. The summed E-state index contributed by atoms with van der Waals surface area (Å²) >= 11 is 0. The van der Waals surface area contributed by atoms with Crippen molar-refractivity contribution in [1.29, 1.82) is 0 Å². The van der Waals surface area contributed by atoms with Gasteiger partial charge >= 0.3 is 0 Å². The second-order valence-corrected chi connectivity index (χ2v) is 50.5. The molecule has 0 radical (unpaired) electrons. The van der Waals surface area contributed by atoms with E-state index in [1.54, 1.807) is 443 Å². The quantitative estimate of drug-likeness (QED) is 0.161. The van der Waals surface area contributed by atoms with Crippen LogP contribution in [0, 0.1) is 148 Å². The van der Waals surface area contributed by atoms with Crippen LogP contribution < -0.4 is 0 Å². The van der Waals surface area contributed by atoms with E-state index >= 15 is 0 Å². The summed E-state index contributed by atoms with van der Waals surface area (Å²) in [6.45, 7) is 2.51. The molecule has 29 atom stereocenters. The number of rotatable bonds is 14. The van der Waals surface area contributed by atoms with E-state index in [4.69, 9.17) is 0 Å². The first-order chi connectivity index (χ1) is 57.6. The van der Waals surface area contributed by atoms with Crippen molar-refractivity contribution in [3.8, 4) is 0 Å². The Labute approximate surface area is 716 Å². The van der Waals surface area contributed by atoms with E-state index in [-0.39, 0.29) is 0 Å². The summed E-state index contributed by atoms with van der Waals surface area (Å²) in [5.74, 6) is 28.9. The smallest absolute Gasteiger partial charge is 0.156 e. The van der Waals surface area contributed by atoms with Gasteiger partial charge in [0.2, 0.25) is 0 Å². The molecule has 23 aliphatic rings. The van der Waals surface area contributed by atoms with Gasteiger partial charge < -0.3 is 0 Å². The second-order valence-electron chi connectivity index (χ2n) is 50.5. The fourth-order valence-corrected chi connectivity index (χ4v) is 42.9. The Morgan fingerprint density at radius 2 is 0.552 bits per heavy atom. The van der Waals surface area contributed by atoms with Crippen LogP contribution in [0.2, 0.25) is 17.5 Å². The normalized spacial score (nSPS) is 50.2. The molecule has 23 rings (SSSR count). The zero-order chi connectivity index (χ0) is 76.3. The molecule has 23 fully saturated rings. The van der Waals surface area contributed by atoms with Crippen LogP contribution in [0.15, 0.2) is 0 Å². The molecule has 0 aromatic rings. The Hall–Kier alpha value is -0.0951. The maximum Gasteiger partial charge on any atom is 0.156 e. The van der Waals surface area contributed by atoms with Crippen molar-refractivity contribution in [2.24, 2.45) is 148 Å². The zero-order valence-corrected chi connectivity index (χ0v) is 75.8. The van der Waals surface area contributed by atoms with E-state index in [1.165, 1.54) is 19.4 Å². The molecule has 116 heavy (non-hydrogen) atoms. The molecule has 650 valence electrons. The first-order valence-electron chi connectivity index (χ1n) is 56.7. The van der Waals surface area contributed by atoms with Crippen molar-refractivity contribution >= 4 is 6.71 Å². The van der Waals surface area contributed by atoms with E-state index in [2.05, 4.69) is 19.6 Å². The highest BCUT2D eigenvalue weighted by Crippen LogP contribution is 2.71. The van der Waals surface area contributed by atoms with Crippen molar-refractivity contribution in [3.63, 3.8) is 0 Å². The van der Waals surface area contributed by atoms with Crippen LogP contribution in [0.3, 0.4) is 0 Å². The SMILES string of the molecule is C1CCC(C2CCC(N(CC3CC4[C@H]5B(C6CC([C@H]7CCC8C9C7CCCC9[C@@H]7CCCC9CCCC8[C@@H]97)CC[C@H]6N(C6[C@@H](C7CCCCC7)CCC[C@H]6C6CCCCC6)C5C3)[C@@H]3CC[C@H](N5C6CCCC[C@H]6C6CCCC[C@H]65)CC3N4C3[C@@H](C4CCCCC4)CCC[C@H]3C3CCCCC3)C3CCC(C4CCCCC4)CC3)CC2)CC1. The Kier molecular flexibility index (Phi) is 24.9. The van der Waals surface area contributed by atoms with Gasteiger partial charge in [0.05, 0.1) is 0 Å². The van der Waals surface area contributed by atoms with E-state index in [0.717, 1.165) is 239 Å². The first-order valence-corrected chi connectivity index (χ1v) is 56.7. The second kappa shape index (κ2) is 35.9. The average Bonchev–Trinajstić information content (AvgIpc) is 0.746. The highest BCUT2D eigenvalue weighted by molar-refractivity contribution is 6.65. The Morgan fingerprint density at radius 1 is 0.198 bits per heavy atom. The molecule has 0 spiro atoms. The lowest BCUT2D eigenvalue weighted by molar-refractivity contribution is -0.159. The molecule has 0 N–H and O–H groups in total. The van der Waals surface area contributed by atoms with Crippen LogP contribution in [0.4, 0.5) is 0 Å². The van der Waals surface area contributed by atoms with Crippen LogP contribution >= 0.6 is 0 Å². The fourth-order valence-electron chi connectivity index (χ4n) is 42.9. The maximum absolute atomic E-state index is 4.08. The van der Waals surface area contributed by atoms with Crippen molar-refractivity contribution in [3.05, 3.63) is 0 Å². The lowest BCUT2D eigenvalue weighted by Gasteiger charge is -2.72. The molecule has 20 aliphatic carbocycles. The van der Waals surface area contributed by atoms with Gasteiger partial charge in [-0.05, 0) is 345 Å². The van der Waals surface area contributed by atoms with Crippen molar-refractivity contribution in [1.82, 2.24) is 19.6 Å². The number of nitrogens with zero attached hydrogens (tertiary/aromatic N) is 4. The topological polar surface area (TPSA) is 13.0 Å². The summed E-state index contributed by atoms with van der Waals surface area (Å²) in [7, 11) is 0. The van der Waals surface area contributed by atoms with Crippen LogP contribution in [0.5, 0.6) is 0 Å². The highest BCUT2D eigenvalue weighted by atomic mass is 15.3. The standard InChI is InChI=1S/C111H183BN4/c1-7-28-74(29-8-1)76-54-59-84(60-55-76)113(85-61-56-77(57-62-85)75-30-9-2-10-31-75)72-73-68-105-109-106(69-73)116(111-90(80-36-15-5-16-37-80)46-26-47-91(111)81-38-17-6-18-39-81)104-71-86(114-101-52-21-19-42-92(101)93-43-20-22-53-102(93)114)63-66-99(104)112(109)100-70-83(87-64-65-98-96-49-24-41-82-40-23-48-95(107(82)96)97-51-27-50-94(87)108(97)98)58-67-103(100)115(105)110-88(78-32-11-3-12-33-78)44-25-45-89(110)79-34-13-4-14-35-79/h73-111H,1-72H2/t73?,76?,77?,82?,83?,84?,85?,86-,87+,88-,89+,90-,91+,92-,93?,94?,95-,96?,97?,98?,99+,100?,101?,102+,103+,104?,105?,106?,107-,108?,109-,110?,111?/m0/s1. The van der Waals surface area contributed by atoms with Gasteiger partial charge in [0.25, 0.3) is 0 Å². The van der Waals surface area contributed by atoms with Gasteiger partial charge in [-0.2, -0.15) is 0 Å². The molecule has 0 amide bonds. The zero-order valence-electron chi connectivity index (χ0n) is 75.8. The number of likely N-dealkylation sites (tertiary alicyclic amines) is 1. The van der Waals surface area contributed by atoms with Gasteiger partial charge in [-0.15, -0.1) is 0 Å². The maximum atomic E-state index is 4.08. The lowest BCUT2D eigenvalue weighted by atomic mass is 9.18. The third kappa shape index (κ3) is 15.0. The van der Waals surface area contributed by atoms with Gasteiger partial charge in [0.1, 0.15) is 0 Å². The molecule has 0 bridgehead atoms. The minimum Gasteiger partial charge on any atom is -0.297 e. The van der Waals surface area contributed by atoms with E-state index < -0.39 is 0 Å². The Bertz CT molecular complexity index is 2980. The van der Waals surface area contributed by atoms with Gasteiger partial charge in [-0.1, -0.05) is 276 Å². The van der Waals surface area contributed by atoms with Crippen molar-refractivity contribution in [2.75, 3.05) is 6.54 Å². The summed E-state index contributed by atoms with van der Waals surface area (Å²) in [6, 6.07) is 9.55. The number of hydrogen-bond acceptors (Lipinski definition) is 4. The third-order valence-electron chi connectivity index (χ3n) is 46.6. The molecule has 4 nitrogen and oxygen atoms in total. The van der Waals surface area contributed by atoms with Crippen LogP contribution in [-0.2, 0) is 0 Å². The van der Waals surface area contributed by atoms with Crippen LogP contribution in [0.25, 0.3) is 0 Å². The molecule has 20 saturated carbocycles. The summed E-state index contributed by atoms with van der Waals surface area (Å²) in [6.07, 6.45) is 113. The van der Waals surface area contributed by atoms with Crippen LogP contribution in [0.1, 0.15) is 456 Å². The van der Waals surface area contributed by atoms with E-state index in [1.807, 2.05) is 0 Å². The fraction of sp³-hybridized carbons (Fsp3) is 1.00. The average molecular weight is 1580 g/mol. The minimum absolute atomic E-state index is 0.826. The van der Waals surface area contributed by atoms with Gasteiger partial charge in [-0.3, -0.25) is 19.6 Å². The van der Waals surface area contributed by atoms with Crippen molar-refractivity contribution in [2.45, 2.75) is 540 Å². The molecule has 5 heteroatoms. The molecule has 3 saturated heterocycles. The number of hydrogen-bond donors (Lipinski definition) is 0. The molecular weight excluding hydrogens is 1400 g/mol. The molecule has 16 unspecified atom stereocenters. The largest absolute Gasteiger partial charge is 0.297 e. The summed E-state index contributed by atoms with van der Waals surface area (Å²) in [4.78, 5) is 15.4. The molecule has 0 aromatic heterocycles. The Balaban J connectivity index is 0.686. The molecule has 3 aliphatic heterocycles. The van der Waals surface area contributed by atoms with Gasteiger partial charge in [-0.25, -0.2) is 0 Å². The van der Waals surface area contributed by atoms with Gasteiger partial charge in [0.15, 0.2) is 6.71 Å². The van der Waals surface area contributed by atoms with Crippen molar-refractivity contribution < 1.29 is 0 Å². The molecule has 3 heterocycles. The lowest BCUT2D eigenvalue weighted by Crippen LogP contribution is -2.77. The molecule has 0 aromatic carbocycles. The predicted octanol–water partition coefficient (Wildman–Crippen LogP) is 29.3. The Morgan fingerprint density at radius 3 is 1.03 bits per heavy atom. The van der Waals surface area contributed by atoms with E-state index in [0.29, 0.717) is 0 Å². The number of fused-ring (bicyclic) bond motifs is 9. The molecular formula is C111H183BN4. The third-order valence-corrected chi connectivity index (χ3v) is 46.6. The predicted molar refractivity (Wildman–Crippen MR) is 486 cm³/mol. The summed E-state index contributed by atoms with van der Waals surface area (Å²) < 4.78 is 0. The monoisotopic (exact) mass is 1580 g/mol. The van der Waals surface area contributed by atoms with Crippen LogP contribution in [-0.4, -0.2) is 99.3 Å².